The lowest BCUT2D eigenvalue weighted by molar-refractivity contribution is 0.102. The zero-order valence-electron chi connectivity index (χ0n) is 14.5. The number of para-hydroxylation sites is 2. The number of amides is 1. The van der Waals surface area contributed by atoms with Gasteiger partial charge in [0.25, 0.3) is 11.5 Å². The Labute approximate surface area is 145 Å². The van der Waals surface area contributed by atoms with E-state index in [0.29, 0.717) is 23.0 Å². The van der Waals surface area contributed by atoms with Gasteiger partial charge in [-0.3, -0.25) is 9.59 Å². The Balaban J connectivity index is 2.10. The van der Waals surface area contributed by atoms with Crippen molar-refractivity contribution in [1.82, 2.24) is 9.78 Å². The number of aryl methyl sites for hydroxylation is 1. The van der Waals surface area contributed by atoms with Gasteiger partial charge in [-0.15, -0.1) is 0 Å². The summed E-state index contributed by atoms with van der Waals surface area (Å²) in [6, 6.07) is 14.6. The maximum atomic E-state index is 12.9. The molecular formula is C19H20N4O2. The predicted molar refractivity (Wildman–Crippen MR) is 100 cm³/mol. The van der Waals surface area contributed by atoms with E-state index in [9.17, 15) is 9.59 Å². The molecule has 0 radical (unpaired) electrons. The summed E-state index contributed by atoms with van der Waals surface area (Å²) in [5.41, 5.74) is 1.63. The van der Waals surface area contributed by atoms with E-state index in [1.165, 1.54) is 4.68 Å². The third kappa shape index (κ3) is 3.10. The van der Waals surface area contributed by atoms with Crippen LogP contribution in [0.1, 0.15) is 17.4 Å². The summed E-state index contributed by atoms with van der Waals surface area (Å²) in [4.78, 5) is 27.2. The van der Waals surface area contributed by atoms with Crippen LogP contribution in [-0.2, 0) is 6.54 Å². The summed E-state index contributed by atoms with van der Waals surface area (Å²) < 4.78 is 1.31. The first-order chi connectivity index (χ1) is 12.0. The van der Waals surface area contributed by atoms with Gasteiger partial charge in [0.1, 0.15) is 0 Å². The normalized spacial score (nSPS) is 10.7. The van der Waals surface area contributed by atoms with Crippen LogP contribution < -0.4 is 15.8 Å². The fourth-order valence-electron chi connectivity index (χ4n) is 2.77. The van der Waals surface area contributed by atoms with E-state index in [1.54, 1.807) is 24.3 Å². The summed E-state index contributed by atoms with van der Waals surface area (Å²) in [6.07, 6.45) is 0. The number of nitrogens with one attached hydrogen (secondary N) is 1. The molecule has 25 heavy (non-hydrogen) atoms. The Morgan fingerprint density at radius 3 is 2.40 bits per heavy atom. The number of carbonyl (C=O) groups excluding carboxylic acids is 1. The van der Waals surface area contributed by atoms with Gasteiger partial charge in [0.05, 0.1) is 16.8 Å². The van der Waals surface area contributed by atoms with Crippen molar-refractivity contribution in [2.45, 2.75) is 13.5 Å². The fraction of sp³-hybridized carbons (Fsp3) is 0.211. The molecule has 128 valence electrons. The van der Waals surface area contributed by atoms with Crippen LogP contribution >= 0.6 is 0 Å². The summed E-state index contributed by atoms with van der Waals surface area (Å²) in [5.74, 6) is -0.340. The van der Waals surface area contributed by atoms with Crippen molar-refractivity contribution in [3.63, 3.8) is 0 Å². The molecule has 0 saturated carbocycles. The SMILES string of the molecule is CCn1nc(C(=O)Nc2ccccc2N(C)C)c2ccccc2c1=O. The number of aromatic nitrogens is 2. The van der Waals surface area contributed by atoms with Gasteiger partial charge < -0.3 is 10.2 Å². The van der Waals surface area contributed by atoms with E-state index in [-0.39, 0.29) is 17.2 Å². The Hall–Kier alpha value is -3.15. The monoisotopic (exact) mass is 336 g/mol. The van der Waals surface area contributed by atoms with E-state index in [0.717, 1.165) is 5.69 Å². The van der Waals surface area contributed by atoms with Crippen LogP contribution in [-0.4, -0.2) is 29.8 Å². The van der Waals surface area contributed by atoms with Crippen molar-refractivity contribution in [3.8, 4) is 0 Å². The molecule has 1 heterocycles. The van der Waals surface area contributed by atoms with Crippen LogP contribution in [0.15, 0.2) is 53.3 Å². The number of carbonyl (C=O) groups is 1. The zero-order valence-corrected chi connectivity index (χ0v) is 14.5. The van der Waals surface area contributed by atoms with E-state index >= 15 is 0 Å². The maximum absolute atomic E-state index is 12.9. The van der Waals surface area contributed by atoms with E-state index in [1.807, 2.05) is 50.2 Å². The van der Waals surface area contributed by atoms with Gasteiger partial charge >= 0.3 is 0 Å². The number of rotatable bonds is 4. The van der Waals surface area contributed by atoms with Gasteiger partial charge in [-0.25, -0.2) is 4.68 Å². The van der Waals surface area contributed by atoms with Crippen LogP contribution in [0.2, 0.25) is 0 Å². The smallest absolute Gasteiger partial charge is 0.276 e. The Kier molecular flexibility index (Phi) is 4.52. The molecule has 0 aliphatic rings. The highest BCUT2D eigenvalue weighted by Crippen LogP contribution is 2.24. The van der Waals surface area contributed by atoms with Crippen molar-refractivity contribution in [1.29, 1.82) is 0 Å². The predicted octanol–water partition coefficient (Wildman–Crippen LogP) is 2.73. The number of anilines is 2. The lowest BCUT2D eigenvalue weighted by atomic mass is 10.1. The first-order valence-electron chi connectivity index (χ1n) is 8.10. The second-order valence-electron chi connectivity index (χ2n) is 5.88. The van der Waals surface area contributed by atoms with Gasteiger partial charge in [-0.05, 0) is 25.1 Å². The van der Waals surface area contributed by atoms with E-state index < -0.39 is 0 Å². The van der Waals surface area contributed by atoms with E-state index in [2.05, 4.69) is 10.4 Å². The fourth-order valence-corrected chi connectivity index (χ4v) is 2.77. The average molecular weight is 336 g/mol. The summed E-state index contributed by atoms with van der Waals surface area (Å²) in [7, 11) is 3.83. The molecule has 6 heteroatoms. The summed E-state index contributed by atoms with van der Waals surface area (Å²) >= 11 is 0. The highest BCUT2D eigenvalue weighted by molar-refractivity contribution is 6.12. The molecule has 0 unspecified atom stereocenters. The average Bonchev–Trinajstić information content (AvgIpc) is 2.62. The topological polar surface area (TPSA) is 67.2 Å². The first kappa shape index (κ1) is 16.7. The van der Waals surface area contributed by atoms with Crippen LogP contribution in [0.25, 0.3) is 10.8 Å². The Morgan fingerprint density at radius 1 is 1.08 bits per heavy atom. The van der Waals surface area contributed by atoms with E-state index in [4.69, 9.17) is 0 Å². The van der Waals surface area contributed by atoms with Crippen molar-refractivity contribution in [2.24, 2.45) is 0 Å². The second kappa shape index (κ2) is 6.76. The molecule has 0 aliphatic heterocycles. The molecule has 0 spiro atoms. The first-order valence-corrected chi connectivity index (χ1v) is 8.10. The molecule has 1 N–H and O–H groups in total. The summed E-state index contributed by atoms with van der Waals surface area (Å²) in [5, 5.41) is 8.22. The lowest BCUT2D eigenvalue weighted by Crippen LogP contribution is -2.27. The molecule has 6 nitrogen and oxygen atoms in total. The van der Waals surface area contributed by atoms with Crippen LogP contribution in [0.3, 0.4) is 0 Å². The molecule has 0 saturated heterocycles. The Morgan fingerprint density at radius 2 is 1.72 bits per heavy atom. The minimum atomic E-state index is -0.340. The quantitative estimate of drug-likeness (QED) is 0.795. The zero-order chi connectivity index (χ0) is 18.0. The van der Waals surface area contributed by atoms with Gasteiger partial charge in [0.15, 0.2) is 5.69 Å². The Bertz CT molecular complexity index is 992. The molecule has 3 rings (SSSR count). The summed E-state index contributed by atoms with van der Waals surface area (Å²) in [6.45, 7) is 2.23. The second-order valence-corrected chi connectivity index (χ2v) is 5.88. The molecule has 1 amide bonds. The van der Waals surface area contributed by atoms with Crippen molar-refractivity contribution < 1.29 is 4.79 Å². The molecule has 0 bridgehead atoms. The molecular weight excluding hydrogens is 316 g/mol. The molecule has 0 fully saturated rings. The van der Waals surface area contributed by atoms with Crippen molar-refractivity contribution in [2.75, 3.05) is 24.3 Å². The number of nitrogens with zero attached hydrogens (tertiary/aromatic N) is 3. The number of fused-ring (bicyclic) bond motifs is 1. The molecule has 1 aromatic heterocycles. The standard InChI is InChI=1S/C19H20N4O2/c1-4-23-19(25)14-10-6-5-9-13(14)17(21-23)18(24)20-15-11-7-8-12-16(15)22(2)3/h5-12H,4H2,1-3H3,(H,20,24). The number of benzene rings is 2. The highest BCUT2D eigenvalue weighted by Gasteiger charge is 2.17. The van der Waals surface area contributed by atoms with Gasteiger partial charge in [-0.2, -0.15) is 5.10 Å². The van der Waals surface area contributed by atoms with Gasteiger partial charge in [0.2, 0.25) is 0 Å². The van der Waals surface area contributed by atoms with Crippen LogP contribution in [0.5, 0.6) is 0 Å². The van der Waals surface area contributed by atoms with Gasteiger partial charge in [0, 0.05) is 26.0 Å². The lowest BCUT2D eigenvalue weighted by Gasteiger charge is -2.18. The minimum absolute atomic E-state index is 0.191. The number of hydrogen-bond donors (Lipinski definition) is 1. The third-order valence-corrected chi connectivity index (χ3v) is 4.02. The minimum Gasteiger partial charge on any atom is -0.376 e. The third-order valence-electron chi connectivity index (χ3n) is 4.02. The van der Waals surface area contributed by atoms with Crippen LogP contribution in [0.4, 0.5) is 11.4 Å². The maximum Gasteiger partial charge on any atom is 0.276 e. The molecule has 0 atom stereocenters. The van der Waals surface area contributed by atoms with Crippen molar-refractivity contribution in [3.05, 3.63) is 64.6 Å². The van der Waals surface area contributed by atoms with Crippen LogP contribution in [0, 0.1) is 0 Å². The highest BCUT2D eigenvalue weighted by atomic mass is 16.2. The molecule has 0 aliphatic carbocycles. The molecule has 3 aromatic rings. The van der Waals surface area contributed by atoms with Gasteiger partial charge in [-0.1, -0.05) is 30.3 Å². The molecule has 2 aromatic carbocycles. The van der Waals surface area contributed by atoms with Crippen molar-refractivity contribution >= 4 is 28.1 Å². The largest absolute Gasteiger partial charge is 0.376 e. The number of hydrogen-bond acceptors (Lipinski definition) is 4.